The van der Waals surface area contributed by atoms with E-state index in [1.807, 2.05) is 0 Å². The van der Waals surface area contributed by atoms with E-state index >= 15 is 0 Å². The van der Waals surface area contributed by atoms with Gasteiger partial charge >= 0.3 is 0 Å². The SMILES string of the molecule is CC1Nc2cc(N(CCCl)CCCl)ccc2N1C. The van der Waals surface area contributed by atoms with Crippen LogP contribution < -0.4 is 15.1 Å². The molecule has 0 spiro atoms. The highest BCUT2D eigenvalue weighted by atomic mass is 35.5. The Kier molecular flexibility index (Phi) is 4.46. The molecule has 1 N–H and O–H groups in total. The monoisotopic (exact) mass is 287 g/mol. The molecular weight excluding hydrogens is 269 g/mol. The van der Waals surface area contributed by atoms with Gasteiger partial charge in [-0.25, -0.2) is 0 Å². The van der Waals surface area contributed by atoms with E-state index in [1.54, 1.807) is 0 Å². The fourth-order valence-electron chi connectivity index (χ4n) is 2.25. The van der Waals surface area contributed by atoms with Gasteiger partial charge in [-0.2, -0.15) is 0 Å². The van der Waals surface area contributed by atoms with Crippen molar-refractivity contribution in [2.75, 3.05) is 47.0 Å². The first-order valence-electron chi connectivity index (χ1n) is 6.17. The van der Waals surface area contributed by atoms with Gasteiger partial charge in [0.1, 0.15) is 0 Å². The molecule has 0 saturated heterocycles. The average Bonchev–Trinajstić information content (AvgIpc) is 2.64. The van der Waals surface area contributed by atoms with Crippen LogP contribution >= 0.6 is 23.2 Å². The van der Waals surface area contributed by atoms with Crippen molar-refractivity contribution in [2.45, 2.75) is 13.1 Å². The molecule has 100 valence electrons. The summed E-state index contributed by atoms with van der Waals surface area (Å²) in [5.41, 5.74) is 3.59. The Morgan fingerprint density at radius 2 is 1.94 bits per heavy atom. The van der Waals surface area contributed by atoms with Gasteiger partial charge in [0.15, 0.2) is 0 Å². The van der Waals surface area contributed by atoms with Crippen molar-refractivity contribution in [1.29, 1.82) is 0 Å². The summed E-state index contributed by atoms with van der Waals surface area (Å²) in [7, 11) is 2.10. The Bertz CT molecular complexity index is 405. The normalized spacial score (nSPS) is 17.6. The van der Waals surface area contributed by atoms with Crippen molar-refractivity contribution in [3.8, 4) is 0 Å². The minimum Gasteiger partial charge on any atom is -0.369 e. The van der Waals surface area contributed by atoms with Gasteiger partial charge in [-0.05, 0) is 25.1 Å². The van der Waals surface area contributed by atoms with E-state index in [2.05, 4.69) is 47.3 Å². The molecule has 0 saturated carbocycles. The van der Waals surface area contributed by atoms with Crippen LogP contribution in [0.2, 0.25) is 0 Å². The van der Waals surface area contributed by atoms with Crippen molar-refractivity contribution in [3.05, 3.63) is 18.2 Å². The maximum atomic E-state index is 5.84. The third kappa shape index (κ3) is 2.62. The predicted octanol–water partition coefficient (Wildman–Crippen LogP) is 3.18. The standard InChI is InChI=1S/C13H19Cl2N3/c1-10-16-12-9-11(3-4-13(12)17(10)2)18(7-5-14)8-6-15/h3-4,9-10,16H,5-8H2,1-2H3. The van der Waals surface area contributed by atoms with E-state index in [1.165, 1.54) is 17.1 Å². The fraction of sp³-hybridized carbons (Fsp3) is 0.538. The second-order valence-electron chi connectivity index (χ2n) is 4.50. The molecule has 5 heteroatoms. The molecule has 0 radical (unpaired) electrons. The number of anilines is 3. The van der Waals surface area contributed by atoms with Crippen LogP contribution in [0.1, 0.15) is 6.92 Å². The Balaban J connectivity index is 2.23. The number of fused-ring (bicyclic) bond motifs is 1. The Hall–Kier alpha value is -0.800. The molecule has 0 amide bonds. The minimum atomic E-state index is 0.338. The number of benzene rings is 1. The molecule has 1 aromatic carbocycles. The first kappa shape index (κ1) is 13.6. The van der Waals surface area contributed by atoms with E-state index in [-0.39, 0.29) is 0 Å². The summed E-state index contributed by atoms with van der Waals surface area (Å²) >= 11 is 11.7. The van der Waals surface area contributed by atoms with Crippen LogP contribution in [0.4, 0.5) is 17.1 Å². The third-order valence-corrected chi connectivity index (χ3v) is 3.72. The topological polar surface area (TPSA) is 18.5 Å². The summed E-state index contributed by atoms with van der Waals surface area (Å²) in [6, 6.07) is 6.46. The van der Waals surface area contributed by atoms with Gasteiger partial charge in [0.05, 0.1) is 17.5 Å². The Labute approximate surface area is 119 Å². The number of nitrogens with one attached hydrogen (secondary N) is 1. The largest absolute Gasteiger partial charge is 0.369 e. The molecule has 1 aliphatic heterocycles. The molecule has 0 aliphatic carbocycles. The molecule has 18 heavy (non-hydrogen) atoms. The van der Waals surface area contributed by atoms with E-state index in [0.717, 1.165) is 13.1 Å². The summed E-state index contributed by atoms with van der Waals surface area (Å²) in [4.78, 5) is 4.44. The molecule has 0 aromatic heterocycles. The van der Waals surface area contributed by atoms with Crippen LogP contribution in [-0.2, 0) is 0 Å². The zero-order valence-electron chi connectivity index (χ0n) is 10.8. The molecule has 0 fully saturated rings. The minimum absolute atomic E-state index is 0.338. The number of alkyl halides is 2. The lowest BCUT2D eigenvalue weighted by Gasteiger charge is -2.23. The average molecular weight is 288 g/mol. The smallest absolute Gasteiger partial charge is 0.0959 e. The van der Waals surface area contributed by atoms with Crippen LogP contribution in [-0.4, -0.2) is 38.1 Å². The van der Waals surface area contributed by atoms with Crippen molar-refractivity contribution in [1.82, 2.24) is 0 Å². The highest BCUT2D eigenvalue weighted by Crippen LogP contribution is 2.36. The summed E-state index contributed by atoms with van der Waals surface area (Å²) in [5.74, 6) is 1.22. The zero-order chi connectivity index (χ0) is 13.1. The van der Waals surface area contributed by atoms with Crippen LogP contribution in [0.3, 0.4) is 0 Å². The second-order valence-corrected chi connectivity index (χ2v) is 5.25. The van der Waals surface area contributed by atoms with Crippen molar-refractivity contribution in [2.24, 2.45) is 0 Å². The van der Waals surface area contributed by atoms with Gasteiger partial charge in [0, 0.05) is 37.6 Å². The number of hydrogen-bond donors (Lipinski definition) is 1. The van der Waals surface area contributed by atoms with Gasteiger partial charge < -0.3 is 15.1 Å². The molecule has 3 nitrogen and oxygen atoms in total. The lowest BCUT2D eigenvalue weighted by atomic mass is 10.2. The molecule has 1 heterocycles. The first-order valence-corrected chi connectivity index (χ1v) is 7.24. The van der Waals surface area contributed by atoms with Gasteiger partial charge in [0.2, 0.25) is 0 Å². The van der Waals surface area contributed by atoms with Crippen molar-refractivity contribution in [3.63, 3.8) is 0 Å². The predicted molar refractivity (Wildman–Crippen MR) is 81.6 cm³/mol. The highest BCUT2D eigenvalue weighted by Gasteiger charge is 2.22. The van der Waals surface area contributed by atoms with Gasteiger partial charge in [-0.3, -0.25) is 0 Å². The first-order chi connectivity index (χ1) is 8.67. The number of rotatable bonds is 5. The Morgan fingerprint density at radius 3 is 2.56 bits per heavy atom. The lowest BCUT2D eigenvalue weighted by Crippen LogP contribution is -2.28. The second kappa shape index (κ2) is 5.89. The summed E-state index contributed by atoms with van der Waals surface area (Å²) in [6.07, 6.45) is 0.338. The third-order valence-electron chi connectivity index (χ3n) is 3.38. The zero-order valence-corrected chi connectivity index (χ0v) is 12.3. The summed E-state index contributed by atoms with van der Waals surface area (Å²) in [5, 5.41) is 3.46. The number of hydrogen-bond acceptors (Lipinski definition) is 3. The van der Waals surface area contributed by atoms with Crippen LogP contribution in [0.15, 0.2) is 18.2 Å². The number of nitrogens with zero attached hydrogens (tertiary/aromatic N) is 2. The van der Waals surface area contributed by atoms with Crippen molar-refractivity contribution >= 4 is 40.3 Å². The van der Waals surface area contributed by atoms with Crippen LogP contribution in [0.5, 0.6) is 0 Å². The summed E-state index contributed by atoms with van der Waals surface area (Å²) < 4.78 is 0. The Morgan fingerprint density at radius 1 is 1.28 bits per heavy atom. The molecule has 1 aromatic rings. The van der Waals surface area contributed by atoms with Crippen molar-refractivity contribution < 1.29 is 0 Å². The van der Waals surface area contributed by atoms with Crippen LogP contribution in [0.25, 0.3) is 0 Å². The van der Waals surface area contributed by atoms with E-state index in [9.17, 15) is 0 Å². The molecule has 0 bridgehead atoms. The molecule has 1 unspecified atom stereocenters. The quantitative estimate of drug-likeness (QED) is 0.840. The van der Waals surface area contributed by atoms with Gasteiger partial charge in [-0.15, -0.1) is 23.2 Å². The fourth-order valence-corrected chi connectivity index (χ4v) is 2.66. The number of halogens is 2. The van der Waals surface area contributed by atoms with Crippen LogP contribution in [0, 0.1) is 0 Å². The summed E-state index contributed by atoms with van der Waals surface area (Å²) in [6.45, 7) is 3.78. The highest BCUT2D eigenvalue weighted by molar-refractivity contribution is 6.18. The van der Waals surface area contributed by atoms with Gasteiger partial charge in [-0.1, -0.05) is 0 Å². The van der Waals surface area contributed by atoms with E-state index in [4.69, 9.17) is 23.2 Å². The maximum absolute atomic E-state index is 5.84. The lowest BCUT2D eigenvalue weighted by molar-refractivity contribution is 0.806. The van der Waals surface area contributed by atoms with E-state index < -0.39 is 0 Å². The van der Waals surface area contributed by atoms with Gasteiger partial charge in [0.25, 0.3) is 0 Å². The maximum Gasteiger partial charge on any atom is 0.0959 e. The molecule has 1 atom stereocenters. The van der Waals surface area contributed by atoms with E-state index in [0.29, 0.717) is 17.9 Å². The molecular formula is C13H19Cl2N3. The molecule has 2 rings (SSSR count). The molecule has 1 aliphatic rings.